The molecule has 78 valence electrons. The van der Waals surface area contributed by atoms with E-state index in [1.807, 2.05) is 47.3 Å². The standard InChI is InChI=1S/C13H15NO/c15-11-13(14-8-4-5-9-14)10-12-6-2-1-3-7-12/h1-9,13,15H,10-11H2/t13-/m0/s1. The molecule has 1 aromatic heterocycles. The molecular formula is C13H15NO. The molecule has 0 spiro atoms. The zero-order chi connectivity index (χ0) is 10.5. The predicted octanol–water partition coefficient (Wildman–Crippen LogP) is 2.26. The number of rotatable bonds is 4. The van der Waals surface area contributed by atoms with Crippen LogP contribution in [0.4, 0.5) is 0 Å². The van der Waals surface area contributed by atoms with Gasteiger partial charge in [-0.05, 0) is 24.1 Å². The molecule has 0 bridgehead atoms. The van der Waals surface area contributed by atoms with E-state index < -0.39 is 0 Å². The summed E-state index contributed by atoms with van der Waals surface area (Å²) < 4.78 is 2.05. The zero-order valence-corrected chi connectivity index (χ0v) is 8.58. The largest absolute Gasteiger partial charge is 0.394 e. The molecule has 15 heavy (non-hydrogen) atoms. The van der Waals surface area contributed by atoms with Crippen LogP contribution in [0.3, 0.4) is 0 Å². The van der Waals surface area contributed by atoms with Crippen LogP contribution >= 0.6 is 0 Å². The Morgan fingerprint density at radius 1 is 1.00 bits per heavy atom. The summed E-state index contributed by atoms with van der Waals surface area (Å²) in [5.74, 6) is 0. The molecule has 1 atom stereocenters. The van der Waals surface area contributed by atoms with Gasteiger partial charge in [-0.25, -0.2) is 0 Å². The van der Waals surface area contributed by atoms with Crippen molar-refractivity contribution in [3.63, 3.8) is 0 Å². The molecule has 0 aliphatic heterocycles. The summed E-state index contributed by atoms with van der Waals surface area (Å²) in [4.78, 5) is 0. The number of hydrogen-bond donors (Lipinski definition) is 1. The zero-order valence-electron chi connectivity index (χ0n) is 8.58. The summed E-state index contributed by atoms with van der Waals surface area (Å²) >= 11 is 0. The number of nitrogens with zero attached hydrogens (tertiary/aromatic N) is 1. The smallest absolute Gasteiger partial charge is 0.0642 e. The molecule has 0 aliphatic rings. The molecular weight excluding hydrogens is 186 g/mol. The Kier molecular flexibility index (Phi) is 3.20. The second kappa shape index (κ2) is 4.80. The Labute approximate surface area is 89.8 Å². The van der Waals surface area contributed by atoms with Crippen LogP contribution in [0.1, 0.15) is 11.6 Å². The monoisotopic (exact) mass is 201 g/mol. The molecule has 2 rings (SSSR count). The maximum atomic E-state index is 9.34. The lowest BCUT2D eigenvalue weighted by Gasteiger charge is -2.16. The van der Waals surface area contributed by atoms with Crippen molar-refractivity contribution < 1.29 is 5.11 Å². The van der Waals surface area contributed by atoms with Crippen LogP contribution in [0.25, 0.3) is 0 Å². The summed E-state index contributed by atoms with van der Waals surface area (Å²) in [6, 6.07) is 14.3. The van der Waals surface area contributed by atoms with Crippen LogP contribution in [0.15, 0.2) is 54.9 Å². The highest BCUT2D eigenvalue weighted by Gasteiger charge is 2.08. The van der Waals surface area contributed by atoms with Gasteiger partial charge in [0.15, 0.2) is 0 Å². The van der Waals surface area contributed by atoms with Gasteiger partial charge in [0.05, 0.1) is 12.6 Å². The Bertz CT molecular complexity index is 380. The molecule has 1 N–H and O–H groups in total. The van der Waals surface area contributed by atoms with E-state index in [0.29, 0.717) is 0 Å². The van der Waals surface area contributed by atoms with Gasteiger partial charge < -0.3 is 9.67 Å². The molecule has 1 aromatic carbocycles. The number of hydrogen-bond acceptors (Lipinski definition) is 1. The lowest BCUT2D eigenvalue weighted by atomic mass is 10.1. The first-order valence-electron chi connectivity index (χ1n) is 5.17. The molecule has 0 saturated heterocycles. The van der Waals surface area contributed by atoms with Gasteiger partial charge in [0.2, 0.25) is 0 Å². The van der Waals surface area contributed by atoms with E-state index in [1.165, 1.54) is 5.56 Å². The molecule has 2 aromatic rings. The minimum atomic E-state index is 0.141. The number of aliphatic hydroxyl groups is 1. The van der Waals surface area contributed by atoms with Gasteiger partial charge in [-0.1, -0.05) is 30.3 Å². The van der Waals surface area contributed by atoms with Crippen molar-refractivity contribution >= 4 is 0 Å². The molecule has 2 heteroatoms. The Morgan fingerprint density at radius 3 is 2.27 bits per heavy atom. The topological polar surface area (TPSA) is 25.2 Å². The third-order valence-electron chi connectivity index (χ3n) is 2.57. The van der Waals surface area contributed by atoms with Crippen LogP contribution in [-0.4, -0.2) is 16.3 Å². The molecule has 0 fully saturated rings. The SMILES string of the molecule is OC[C@H](Cc1ccccc1)n1cccc1. The van der Waals surface area contributed by atoms with Gasteiger partial charge in [0.25, 0.3) is 0 Å². The Morgan fingerprint density at radius 2 is 1.67 bits per heavy atom. The summed E-state index contributed by atoms with van der Waals surface area (Å²) in [6.45, 7) is 0.170. The lowest BCUT2D eigenvalue weighted by Crippen LogP contribution is -2.14. The first kappa shape index (κ1) is 9.99. The molecule has 0 aliphatic carbocycles. The van der Waals surface area contributed by atoms with Crippen LogP contribution in [0.5, 0.6) is 0 Å². The van der Waals surface area contributed by atoms with Crippen molar-refractivity contribution in [2.24, 2.45) is 0 Å². The second-order valence-corrected chi connectivity index (χ2v) is 3.66. The van der Waals surface area contributed by atoms with Gasteiger partial charge in [-0.3, -0.25) is 0 Å². The second-order valence-electron chi connectivity index (χ2n) is 3.66. The number of benzene rings is 1. The molecule has 0 amide bonds. The van der Waals surface area contributed by atoms with Crippen molar-refractivity contribution in [2.45, 2.75) is 12.5 Å². The minimum Gasteiger partial charge on any atom is -0.394 e. The van der Waals surface area contributed by atoms with E-state index in [1.54, 1.807) is 0 Å². The van der Waals surface area contributed by atoms with Gasteiger partial charge in [0, 0.05) is 12.4 Å². The van der Waals surface area contributed by atoms with Gasteiger partial charge >= 0.3 is 0 Å². The van der Waals surface area contributed by atoms with E-state index in [0.717, 1.165) is 6.42 Å². The Balaban J connectivity index is 2.10. The molecule has 0 unspecified atom stereocenters. The van der Waals surface area contributed by atoms with Gasteiger partial charge in [-0.15, -0.1) is 0 Å². The fourth-order valence-corrected chi connectivity index (χ4v) is 1.74. The normalized spacial score (nSPS) is 12.6. The summed E-state index contributed by atoms with van der Waals surface area (Å²) in [7, 11) is 0. The summed E-state index contributed by atoms with van der Waals surface area (Å²) in [5, 5.41) is 9.34. The summed E-state index contributed by atoms with van der Waals surface area (Å²) in [6.07, 6.45) is 4.85. The average Bonchev–Trinajstić information content (AvgIpc) is 2.81. The van der Waals surface area contributed by atoms with Crippen LogP contribution in [0.2, 0.25) is 0 Å². The third-order valence-corrected chi connectivity index (χ3v) is 2.57. The molecule has 1 heterocycles. The molecule has 2 nitrogen and oxygen atoms in total. The first-order valence-corrected chi connectivity index (χ1v) is 5.17. The highest BCUT2D eigenvalue weighted by atomic mass is 16.3. The molecule has 0 saturated carbocycles. The highest BCUT2D eigenvalue weighted by molar-refractivity contribution is 5.16. The van der Waals surface area contributed by atoms with E-state index in [4.69, 9.17) is 0 Å². The van der Waals surface area contributed by atoms with Gasteiger partial charge in [-0.2, -0.15) is 0 Å². The number of aromatic nitrogens is 1. The van der Waals surface area contributed by atoms with Crippen molar-refractivity contribution in [1.82, 2.24) is 4.57 Å². The van der Waals surface area contributed by atoms with Gasteiger partial charge in [0.1, 0.15) is 0 Å². The quantitative estimate of drug-likeness (QED) is 0.806. The molecule has 0 radical (unpaired) electrons. The lowest BCUT2D eigenvalue weighted by molar-refractivity contribution is 0.227. The van der Waals surface area contributed by atoms with E-state index >= 15 is 0 Å². The van der Waals surface area contributed by atoms with Crippen molar-refractivity contribution in [2.75, 3.05) is 6.61 Å². The van der Waals surface area contributed by atoms with E-state index in [2.05, 4.69) is 12.1 Å². The first-order chi connectivity index (χ1) is 7.40. The number of aliphatic hydroxyl groups excluding tert-OH is 1. The minimum absolute atomic E-state index is 0.141. The van der Waals surface area contributed by atoms with E-state index in [9.17, 15) is 5.11 Å². The van der Waals surface area contributed by atoms with Crippen molar-refractivity contribution in [3.8, 4) is 0 Å². The fourth-order valence-electron chi connectivity index (χ4n) is 1.74. The average molecular weight is 201 g/mol. The van der Waals surface area contributed by atoms with Crippen molar-refractivity contribution in [1.29, 1.82) is 0 Å². The van der Waals surface area contributed by atoms with Crippen LogP contribution in [0, 0.1) is 0 Å². The fraction of sp³-hybridized carbons (Fsp3) is 0.231. The third kappa shape index (κ3) is 2.48. The van der Waals surface area contributed by atoms with Crippen LogP contribution < -0.4 is 0 Å². The maximum Gasteiger partial charge on any atom is 0.0642 e. The Hall–Kier alpha value is -1.54. The summed E-state index contributed by atoms with van der Waals surface area (Å²) in [5.41, 5.74) is 1.25. The maximum absolute atomic E-state index is 9.34. The highest BCUT2D eigenvalue weighted by Crippen LogP contribution is 2.13. The predicted molar refractivity (Wildman–Crippen MR) is 60.7 cm³/mol. The van der Waals surface area contributed by atoms with Crippen LogP contribution in [-0.2, 0) is 6.42 Å². The van der Waals surface area contributed by atoms with E-state index in [-0.39, 0.29) is 12.6 Å². The van der Waals surface area contributed by atoms with Crippen molar-refractivity contribution in [3.05, 3.63) is 60.4 Å².